The molecule has 0 bridgehead atoms. The first-order chi connectivity index (χ1) is 9.74. The number of anilines is 1. The van der Waals surface area contributed by atoms with Gasteiger partial charge in [0.25, 0.3) is 5.91 Å². The number of aromatic nitrogens is 1. The van der Waals surface area contributed by atoms with E-state index in [2.05, 4.69) is 43.4 Å². The van der Waals surface area contributed by atoms with Crippen molar-refractivity contribution < 1.29 is 4.79 Å². The van der Waals surface area contributed by atoms with Gasteiger partial charge >= 0.3 is 0 Å². The summed E-state index contributed by atoms with van der Waals surface area (Å²) >= 11 is 2.23. The van der Waals surface area contributed by atoms with Crippen molar-refractivity contribution in [2.45, 2.75) is 0 Å². The normalized spacial score (nSPS) is 10.4. The van der Waals surface area contributed by atoms with Crippen molar-refractivity contribution in [2.24, 2.45) is 5.10 Å². The maximum atomic E-state index is 11.6. The van der Waals surface area contributed by atoms with Crippen LogP contribution in [-0.4, -0.2) is 23.7 Å². The van der Waals surface area contributed by atoms with Gasteiger partial charge in [-0.3, -0.25) is 9.78 Å². The van der Waals surface area contributed by atoms with E-state index >= 15 is 0 Å². The Bertz CT molecular complexity index is 584. The maximum absolute atomic E-state index is 11.6. The Balaban J connectivity index is 1.76. The van der Waals surface area contributed by atoms with Gasteiger partial charge in [0.2, 0.25) is 0 Å². The van der Waals surface area contributed by atoms with E-state index in [1.807, 2.05) is 24.3 Å². The topological polar surface area (TPSA) is 66.4 Å². The van der Waals surface area contributed by atoms with Gasteiger partial charge in [0.1, 0.15) is 0 Å². The summed E-state index contributed by atoms with van der Waals surface area (Å²) in [5, 5.41) is 6.90. The molecule has 0 atom stereocenters. The van der Waals surface area contributed by atoms with Gasteiger partial charge in [-0.1, -0.05) is 0 Å². The number of pyridine rings is 1. The molecule has 6 heteroatoms. The van der Waals surface area contributed by atoms with Crippen LogP contribution in [0.5, 0.6) is 0 Å². The summed E-state index contributed by atoms with van der Waals surface area (Å²) in [4.78, 5) is 15.5. The number of carbonyl (C=O) groups is 1. The van der Waals surface area contributed by atoms with Crippen molar-refractivity contribution in [2.75, 3.05) is 11.9 Å². The lowest BCUT2D eigenvalue weighted by Crippen LogP contribution is -2.25. The Hall–Kier alpha value is -1.96. The fourth-order valence-electron chi connectivity index (χ4n) is 1.42. The predicted molar refractivity (Wildman–Crippen MR) is 87.6 cm³/mol. The second-order valence-corrected chi connectivity index (χ2v) is 5.18. The van der Waals surface area contributed by atoms with Gasteiger partial charge in [-0.15, -0.1) is 0 Å². The van der Waals surface area contributed by atoms with E-state index in [0.717, 1.165) is 14.8 Å². The van der Waals surface area contributed by atoms with Crippen molar-refractivity contribution in [3.63, 3.8) is 0 Å². The molecule has 1 aromatic carbocycles. The van der Waals surface area contributed by atoms with Crippen molar-refractivity contribution in [3.8, 4) is 0 Å². The molecule has 0 spiro atoms. The number of hydrazone groups is 1. The molecule has 20 heavy (non-hydrogen) atoms. The molecule has 0 saturated carbocycles. The number of hydrogen-bond donors (Lipinski definition) is 2. The molecule has 1 amide bonds. The average molecular weight is 380 g/mol. The molecule has 0 unspecified atom stereocenters. The van der Waals surface area contributed by atoms with Gasteiger partial charge < -0.3 is 5.32 Å². The largest absolute Gasteiger partial charge is 0.376 e. The SMILES string of the molecule is O=C(CNc1ccc(I)cc1)NN=Cc1ccncc1. The molecule has 0 saturated heterocycles. The highest BCUT2D eigenvalue weighted by molar-refractivity contribution is 14.1. The Labute approximate surface area is 130 Å². The molecule has 1 aromatic heterocycles. The fraction of sp³-hybridized carbons (Fsp3) is 0.0714. The second kappa shape index (κ2) is 7.59. The molecule has 0 aliphatic carbocycles. The van der Waals surface area contributed by atoms with Crippen molar-refractivity contribution >= 4 is 40.4 Å². The Morgan fingerprint density at radius 1 is 1.20 bits per heavy atom. The lowest BCUT2D eigenvalue weighted by Gasteiger charge is -2.04. The Morgan fingerprint density at radius 2 is 1.90 bits per heavy atom. The molecular formula is C14H13IN4O. The van der Waals surface area contributed by atoms with E-state index in [1.165, 1.54) is 0 Å². The summed E-state index contributed by atoms with van der Waals surface area (Å²) < 4.78 is 1.15. The molecule has 0 radical (unpaired) electrons. The van der Waals surface area contributed by atoms with Gasteiger partial charge in [-0.05, 0) is 64.6 Å². The van der Waals surface area contributed by atoms with Crippen LogP contribution < -0.4 is 10.7 Å². The summed E-state index contributed by atoms with van der Waals surface area (Å²) in [5.41, 5.74) is 4.24. The lowest BCUT2D eigenvalue weighted by molar-refractivity contribution is -0.119. The van der Waals surface area contributed by atoms with E-state index in [0.29, 0.717) is 0 Å². The highest BCUT2D eigenvalue weighted by Gasteiger charge is 1.99. The third-order valence-corrected chi connectivity index (χ3v) is 3.13. The number of halogens is 1. The number of nitrogens with zero attached hydrogens (tertiary/aromatic N) is 2. The van der Waals surface area contributed by atoms with Gasteiger partial charge in [0.05, 0.1) is 12.8 Å². The first-order valence-corrected chi connectivity index (χ1v) is 7.03. The predicted octanol–water partition coefficient (Wildman–Crippen LogP) is 2.25. The average Bonchev–Trinajstić information content (AvgIpc) is 2.48. The highest BCUT2D eigenvalue weighted by Crippen LogP contribution is 2.10. The van der Waals surface area contributed by atoms with E-state index in [1.54, 1.807) is 30.7 Å². The zero-order chi connectivity index (χ0) is 14.2. The van der Waals surface area contributed by atoms with Crippen LogP contribution in [0.15, 0.2) is 53.9 Å². The standard InChI is InChI=1S/C14H13IN4O/c15-12-1-3-13(4-2-12)17-10-14(20)19-18-9-11-5-7-16-8-6-11/h1-9,17H,10H2,(H,19,20). The first-order valence-electron chi connectivity index (χ1n) is 5.95. The van der Waals surface area contributed by atoms with Crippen LogP contribution >= 0.6 is 22.6 Å². The van der Waals surface area contributed by atoms with Crippen molar-refractivity contribution in [1.82, 2.24) is 10.4 Å². The fourth-order valence-corrected chi connectivity index (χ4v) is 1.78. The minimum absolute atomic E-state index is 0.175. The van der Waals surface area contributed by atoms with Gasteiger partial charge in [-0.2, -0.15) is 5.10 Å². The Kier molecular flexibility index (Phi) is 5.48. The van der Waals surface area contributed by atoms with Gasteiger partial charge in [-0.25, -0.2) is 5.43 Å². The summed E-state index contributed by atoms with van der Waals surface area (Å²) in [7, 11) is 0. The van der Waals surface area contributed by atoms with Gasteiger partial charge in [0.15, 0.2) is 0 Å². The summed E-state index contributed by atoms with van der Waals surface area (Å²) in [6.07, 6.45) is 4.91. The van der Waals surface area contributed by atoms with Crippen LogP contribution in [0.4, 0.5) is 5.69 Å². The summed E-state index contributed by atoms with van der Waals surface area (Å²) in [6, 6.07) is 11.4. The second-order valence-electron chi connectivity index (χ2n) is 3.93. The minimum Gasteiger partial charge on any atom is -0.376 e. The van der Waals surface area contributed by atoms with Crippen molar-refractivity contribution in [1.29, 1.82) is 0 Å². The number of benzene rings is 1. The third-order valence-electron chi connectivity index (χ3n) is 2.41. The molecule has 102 valence electrons. The molecule has 1 heterocycles. The van der Waals surface area contributed by atoms with Crippen LogP contribution in [0.25, 0.3) is 0 Å². The maximum Gasteiger partial charge on any atom is 0.259 e. The molecule has 2 aromatic rings. The van der Waals surface area contributed by atoms with Gasteiger partial charge in [0, 0.05) is 21.7 Å². The molecule has 5 nitrogen and oxygen atoms in total. The van der Waals surface area contributed by atoms with E-state index in [4.69, 9.17) is 0 Å². The number of nitrogens with one attached hydrogen (secondary N) is 2. The molecule has 0 aliphatic heterocycles. The van der Waals surface area contributed by atoms with E-state index < -0.39 is 0 Å². The third kappa shape index (κ3) is 4.96. The molecule has 2 N–H and O–H groups in total. The lowest BCUT2D eigenvalue weighted by atomic mass is 10.3. The zero-order valence-electron chi connectivity index (χ0n) is 10.6. The molecule has 0 aliphatic rings. The van der Waals surface area contributed by atoms with Crippen LogP contribution in [0.3, 0.4) is 0 Å². The minimum atomic E-state index is -0.200. The van der Waals surface area contributed by atoms with E-state index in [9.17, 15) is 4.79 Å². The Morgan fingerprint density at radius 3 is 2.60 bits per heavy atom. The van der Waals surface area contributed by atoms with Crippen LogP contribution in [0.2, 0.25) is 0 Å². The first kappa shape index (κ1) is 14.4. The van der Waals surface area contributed by atoms with Crippen molar-refractivity contribution in [3.05, 3.63) is 57.9 Å². The highest BCUT2D eigenvalue weighted by atomic mass is 127. The zero-order valence-corrected chi connectivity index (χ0v) is 12.7. The van der Waals surface area contributed by atoms with Crippen LogP contribution in [0.1, 0.15) is 5.56 Å². The molecular weight excluding hydrogens is 367 g/mol. The number of carbonyl (C=O) groups excluding carboxylic acids is 1. The monoisotopic (exact) mass is 380 g/mol. The summed E-state index contributed by atoms with van der Waals surface area (Å²) in [6.45, 7) is 0.175. The molecule has 2 rings (SSSR count). The quantitative estimate of drug-likeness (QED) is 0.475. The number of hydrogen-bond acceptors (Lipinski definition) is 4. The van der Waals surface area contributed by atoms with E-state index in [-0.39, 0.29) is 12.5 Å². The smallest absolute Gasteiger partial charge is 0.259 e. The van der Waals surface area contributed by atoms with Crippen LogP contribution in [-0.2, 0) is 4.79 Å². The number of rotatable bonds is 5. The summed E-state index contributed by atoms with van der Waals surface area (Å²) in [5.74, 6) is -0.200. The molecule has 0 fully saturated rings. The number of amides is 1. The van der Waals surface area contributed by atoms with Crippen LogP contribution in [0, 0.1) is 3.57 Å².